The number of hydrogen-bond donors (Lipinski definition) is 1. The van der Waals surface area contributed by atoms with Crippen molar-refractivity contribution in [1.29, 1.82) is 0 Å². The number of aromatic nitrogens is 2. The molecule has 1 saturated heterocycles. The molecule has 1 aromatic rings. The molecule has 0 saturated carbocycles. The Labute approximate surface area is 124 Å². The summed E-state index contributed by atoms with van der Waals surface area (Å²) in [5, 5.41) is 2.96. The molecule has 7 nitrogen and oxygen atoms in total. The van der Waals surface area contributed by atoms with Crippen molar-refractivity contribution < 1.29 is 14.3 Å². The minimum atomic E-state index is -0.253. The average molecular weight is 294 g/mol. The first kappa shape index (κ1) is 15.5. The van der Waals surface area contributed by atoms with Crippen molar-refractivity contribution in [2.75, 3.05) is 20.3 Å². The summed E-state index contributed by atoms with van der Waals surface area (Å²) in [5.74, 6) is 0.675. The molecular formula is C14H22N4O3. The van der Waals surface area contributed by atoms with Gasteiger partial charge in [0.15, 0.2) is 0 Å². The number of aryl methyl sites for hydroxylation is 1. The standard InChI is InChI=1S/C14H22N4O3/c1-4-21-9-11(19)16-10-5-6-12(20)18(3)13(10)14-15-7-8-17(14)2/h7-8,10,13H,4-6,9H2,1-3H3,(H,16,19)/t10-,13-/m1/s1. The maximum absolute atomic E-state index is 12.0. The van der Waals surface area contributed by atoms with Crippen LogP contribution in [-0.2, 0) is 21.4 Å². The number of imidazole rings is 1. The number of piperidine rings is 1. The fourth-order valence-corrected chi connectivity index (χ4v) is 2.65. The third-order valence-electron chi connectivity index (χ3n) is 3.77. The van der Waals surface area contributed by atoms with E-state index < -0.39 is 0 Å². The summed E-state index contributed by atoms with van der Waals surface area (Å²) in [5.41, 5.74) is 0. The summed E-state index contributed by atoms with van der Waals surface area (Å²) in [6.45, 7) is 2.38. The van der Waals surface area contributed by atoms with E-state index in [4.69, 9.17) is 4.74 Å². The van der Waals surface area contributed by atoms with Crippen molar-refractivity contribution >= 4 is 11.8 Å². The van der Waals surface area contributed by atoms with E-state index in [1.165, 1.54) is 0 Å². The third kappa shape index (κ3) is 3.41. The molecule has 7 heteroatoms. The van der Waals surface area contributed by atoms with Gasteiger partial charge in [-0.3, -0.25) is 9.59 Å². The summed E-state index contributed by atoms with van der Waals surface area (Å²) in [6.07, 6.45) is 4.57. The van der Waals surface area contributed by atoms with E-state index in [9.17, 15) is 9.59 Å². The van der Waals surface area contributed by atoms with Crippen molar-refractivity contribution in [2.45, 2.75) is 31.8 Å². The highest BCUT2D eigenvalue weighted by Crippen LogP contribution is 2.29. The molecule has 0 spiro atoms. The first-order chi connectivity index (χ1) is 10.0. The molecule has 0 aliphatic carbocycles. The molecule has 1 aliphatic heterocycles. The second-order valence-electron chi connectivity index (χ2n) is 5.20. The van der Waals surface area contributed by atoms with E-state index in [0.29, 0.717) is 19.4 Å². The second-order valence-corrected chi connectivity index (χ2v) is 5.20. The van der Waals surface area contributed by atoms with Gasteiger partial charge in [-0.25, -0.2) is 4.98 Å². The van der Waals surface area contributed by atoms with Crippen LogP contribution in [0.15, 0.2) is 12.4 Å². The normalized spacial score (nSPS) is 22.4. The first-order valence-electron chi connectivity index (χ1n) is 7.14. The Kier molecular flexibility index (Phi) is 4.95. The molecule has 0 aromatic carbocycles. The fraction of sp³-hybridized carbons (Fsp3) is 0.643. The summed E-state index contributed by atoms with van der Waals surface area (Å²) in [7, 11) is 3.64. The highest BCUT2D eigenvalue weighted by Gasteiger charge is 2.37. The molecule has 2 heterocycles. The number of hydrogen-bond acceptors (Lipinski definition) is 4. The van der Waals surface area contributed by atoms with Crippen LogP contribution < -0.4 is 5.32 Å². The van der Waals surface area contributed by atoms with Crippen molar-refractivity contribution in [2.24, 2.45) is 7.05 Å². The molecular weight excluding hydrogens is 272 g/mol. The molecule has 116 valence electrons. The molecule has 0 unspecified atom stereocenters. The maximum Gasteiger partial charge on any atom is 0.246 e. The van der Waals surface area contributed by atoms with Crippen molar-refractivity contribution in [1.82, 2.24) is 19.8 Å². The van der Waals surface area contributed by atoms with Crippen molar-refractivity contribution in [3.05, 3.63) is 18.2 Å². The van der Waals surface area contributed by atoms with Gasteiger partial charge in [0, 0.05) is 39.5 Å². The Morgan fingerprint density at radius 2 is 2.29 bits per heavy atom. The van der Waals surface area contributed by atoms with E-state index in [-0.39, 0.29) is 30.5 Å². The third-order valence-corrected chi connectivity index (χ3v) is 3.77. The van der Waals surface area contributed by atoms with Gasteiger partial charge in [-0.15, -0.1) is 0 Å². The number of carbonyl (C=O) groups excluding carboxylic acids is 2. The lowest BCUT2D eigenvalue weighted by Gasteiger charge is -2.38. The van der Waals surface area contributed by atoms with Crippen LogP contribution in [0.1, 0.15) is 31.6 Å². The molecule has 1 N–H and O–H groups in total. The summed E-state index contributed by atoms with van der Waals surface area (Å²) in [4.78, 5) is 29.9. The quantitative estimate of drug-likeness (QED) is 0.843. The predicted octanol–water partition coefficient (Wildman–Crippen LogP) is 0.235. The van der Waals surface area contributed by atoms with Gasteiger partial charge in [0.1, 0.15) is 18.5 Å². The molecule has 21 heavy (non-hydrogen) atoms. The lowest BCUT2D eigenvalue weighted by Crippen LogP contribution is -2.52. The largest absolute Gasteiger partial charge is 0.372 e. The maximum atomic E-state index is 12.0. The van der Waals surface area contributed by atoms with Gasteiger partial charge < -0.3 is 19.5 Å². The van der Waals surface area contributed by atoms with Gasteiger partial charge in [-0.2, -0.15) is 0 Å². The number of carbonyl (C=O) groups is 2. The fourth-order valence-electron chi connectivity index (χ4n) is 2.65. The molecule has 1 aliphatic rings. The zero-order chi connectivity index (χ0) is 15.4. The Morgan fingerprint density at radius 1 is 1.52 bits per heavy atom. The van der Waals surface area contributed by atoms with Crippen LogP contribution in [0, 0.1) is 0 Å². The smallest absolute Gasteiger partial charge is 0.246 e. The topological polar surface area (TPSA) is 76.5 Å². The summed E-state index contributed by atoms with van der Waals surface area (Å²) in [6, 6.07) is -0.404. The van der Waals surface area contributed by atoms with E-state index in [2.05, 4.69) is 10.3 Å². The van der Waals surface area contributed by atoms with Crippen molar-refractivity contribution in [3.63, 3.8) is 0 Å². The van der Waals surface area contributed by atoms with Gasteiger partial charge in [0.25, 0.3) is 0 Å². The first-order valence-corrected chi connectivity index (χ1v) is 7.14. The summed E-state index contributed by atoms with van der Waals surface area (Å²) < 4.78 is 7.00. The zero-order valence-corrected chi connectivity index (χ0v) is 12.7. The van der Waals surface area contributed by atoms with Gasteiger partial charge in [-0.05, 0) is 13.3 Å². The van der Waals surface area contributed by atoms with E-state index in [1.54, 1.807) is 18.1 Å². The lowest BCUT2D eigenvalue weighted by molar-refractivity contribution is -0.138. The van der Waals surface area contributed by atoms with Gasteiger partial charge in [0.2, 0.25) is 11.8 Å². The van der Waals surface area contributed by atoms with Gasteiger partial charge >= 0.3 is 0 Å². The van der Waals surface area contributed by atoms with Gasteiger partial charge in [-0.1, -0.05) is 0 Å². The molecule has 0 radical (unpaired) electrons. The van der Waals surface area contributed by atoms with Crippen molar-refractivity contribution in [3.8, 4) is 0 Å². The highest BCUT2D eigenvalue weighted by molar-refractivity contribution is 5.80. The Balaban J connectivity index is 2.16. The van der Waals surface area contributed by atoms with Crippen LogP contribution in [0.25, 0.3) is 0 Å². The van der Waals surface area contributed by atoms with E-state index in [0.717, 1.165) is 5.82 Å². The molecule has 1 aromatic heterocycles. The van der Waals surface area contributed by atoms with Crippen LogP contribution in [0.5, 0.6) is 0 Å². The van der Waals surface area contributed by atoms with Gasteiger partial charge in [0.05, 0.1) is 6.04 Å². The van der Waals surface area contributed by atoms with E-state index in [1.807, 2.05) is 24.7 Å². The summed E-state index contributed by atoms with van der Waals surface area (Å²) >= 11 is 0. The predicted molar refractivity (Wildman–Crippen MR) is 76.4 cm³/mol. The second kappa shape index (κ2) is 6.71. The van der Waals surface area contributed by atoms with Crippen LogP contribution in [-0.4, -0.2) is 52.6 Å². The molecule has 0 bridgehead atoms. The minimum absolute atomic E-state index is 0.0396. The van der Waals surface area contributed by atoms with Crippen LogP contribution in [0.3, 0.4) is 0 Å². The zero-order valence-electron chi connectivity index (χ0n) is 12.7. The number of ether oxygens (including phenoxy) is 1. The Bertz CT molecular complexity index is 514. The van der Waals surface area contributed by atoms with Crippen LogP contribution in [0.4, 0.5) is 0 Å². The molecule has 2 atom stereocenters. The van der Waals surface area contributed by atoms with Crippen LogP contribution in [0.2, 0.25) is 0 Å². The molecule has 2 rings (SSSR count). The SMILES string of the molecule is CCOCC(=O)N[C@@H]1CCC(=O)N(C)[C@H]1c1nccn1C. The Hall–Kier alpha value is -1.89. The number of nitrogens with one attached hydrogen (secondary N) is 1. The number of likely N-dealkylation sites (N-methyl/N-ethyl adjacent to an activating group) is 1. The minimum Gasteiger partial charge on any atom is -0.372 e. The molecule has 2 amide bonds. The molecule has 1 fully saturated rings. The number of nitrogens with zero attached hydrogens (tertiary/aromatic N) is 3. The number of likely N-dealkylation sites (tertiary alicyclic amines) is 1. The monoisotopic (exact) mass is 294 g/mol. The van der Waals surface area contributed by atoms with Crippen LogP contribution >= 0.6 is 0 Å². The number of rotatable bonds is 5. The lowest BCUT2D eigenvalue weighted by atomic mass is 9.95. The average Bonchev–Trinajstić information content (AvgIpc) is 2.87. The number of amides is 2. The Morgan fingerprint density at radius 3 is 2.90 bits per heavy atom. The van der Waals surface area contributed by atoms with E-state index >= 15 is 0 Å². The highest BCUT2D eigenvalue weighted by atomic mass is 16.5.